The lowest BCUT2D eigenvalue weighted by atomic mass is 9.68. The molecule has 2 aromatic carbocycles. The summed E-state index contributed by atoms with van der Waals surface area (Å²) in [6.07, 6.45) is 3.66. The van der Waals surface area contributed by atoms with Crippen LogP contribution in [0.2, 0.25) is 0 Å². The number of halogens is 1. The van der Waals surface area contributed by atoms with Crippen LogP contribution in [0.4, 0.5) is 0 Å². The number of carbonyl (C=O) groups excluding carboxylic acids is 1. The van der Waals surface area contributed by atoms with E-state index in [-0.39, 0.29) is 23.9 Å². The minimum absolute atomic E-state index is 0. The van der Waals surface area contributed by atoms with Crippen LogP contribution in [0.5, 0.6) is 0 Å². The second-order valence-electron chi connectivity index (χ2n) is 7.51. The minimum atomic E-state index is -0.806. The minimum Gasteiger partial charge on any atom is -1.00 e. The average Bonchev–Trinajstić information content (AvgIpc) is 2.69. The number of rotatable bonds is 9. The van der Waals surface area contributed by atoms with E-state index in [1.807, 2.05) is 60.7 Å². The number of primary amides is 1. The standard InChI is InChI=1S/C23H32N2O.ClH/c1-4-22(25,5-2)18(3)16-17-23(21(24)26,19-12-8-6-9-13-19)20-14-10-7-11-15-20;/h6-15,18H,4-5,16-17,25H2,1-3H3,(H2,24,26);1H. The van der Waals surface area contributed by atoms with E-state index in [2.05, 4.69) is 26.5 Å². The molecule has 0 saturated carbocycles. The van der Waals surface area contributed by atoms with Crippen molar-refractivity contribution < 1.29 is 22.9 Å². The Bertz CT molecular complexity index is 659. The number of quaternary nitrogens is 1. The highest BCUT2D eigenvalue weighted by atomic mass is 35.5. The van der Waals surface area contributed by atoms with Crippen molar-refractivity contribution in [1.29, 1.82) is 0 Å². The lowest BCUT2D eigenvalue weighted by molar-refractivity contribution is -0.494. The van der Waals surface area contributed by atoms with Gasteiger partial charge in [-0.2, -0.15) is 0 Å². The molecule has 0 spiro atoms. The third-order valence-corrected chi connectivity index (χ3v) is 6.36. The van der Waals surface area contributed by atoms with E-state index in [1.165, 1.54) is 0 Å². The Hall–Kier alpha value is -1.84. The normalized spacial score (nSPS) is 12.9. The molecule has 0 aliphatic heterocycles. The van der Waals surface area contributed by atoms with Crippen molar-refractivity contribution in [1.82, 2.24) is 0 Å². The summed E-state index contributed by atoms with van der Waals surface area (Å²) in [5, 5.41) is 0. The average molecular weight is 389 g/mol. The third kappa shape index (κ3) is 4.72. The lowest BCUT2D eigenvalue weighted by Crippen LogP contribution is -3.00. The fourth-order valence-electron chi connectivity index (χ4n) is 3.99. The summed E-state index contributed by atoms with van der Waals surface area (Å²) in [4.78, 5) is 12.8. The fraction of sp³-hybridized carbons (Fsp3) is 0.435. The van der Waals surface area contributed by atoms with Gasteiger partial charge in [-0.15, -0.1) is 0 Å². The van der Waals surface area contributed by atoms with Gasteiger partial charge < -0.3 is 23.9 Å². The predicted octanol–water partition coefficient (Wildman–Crippen LogP) is 0.679. The maximum Gasteiger partial charge on any atom is 0.232 e. The van der Waals surface area contributed by atoms with E-state index >= 15 is 0 Å². The monoisotopic (exact) mass is 388 g/mol. The van der Waals surface area contributed by atoms with Crippen LogP contribution in [0.3, 0.4) is 0 Å². The molecular weight excluding hydrogens is 356 g/mol. The topological polar surface area (TPSA) is 70.7 Å². The number of hydrogen-bond donors (Lipinski definition) is 2. The second kappa shape index (κ2) is 9.91. The van der Waals surface area contributed by atoms with Crippen LogP contribution in [0.25, 0.3) is 0 Å². The van der Waals surface area contributed by atoms with Gasteiger partial charge in [0, 0.05) is 5.92 Å². The molecule has 1 amide bonds. The quantitative estimate of drug-likeness (QED) is 0.651. The van der Waals surface area contributed by atoms with Crippen molar-refractivity contribution in [2.75, 3.05) is 0 Å². The van der Waals surface area contributed by atoms with Crippen LogP contribution in [-0.4, -0.2) is 11.4 Å². The van der Waals surface area contributed by atoms with Gasteiger partial charge in [0.25, 0.3) is 0 Å². The Morgan fingerprint density at radius 2 is 1.37 bits per heavy atom. The van der Waals surface area contributed by atoms with Crippen molar-refractivity contribution in [2.24, 2.45) is 11.7 Å². The molecule has 0 aliphatic rings. The van der Waals surface area contributed by atoms with Gasteiger partial charge >= 0.3 is 0 Å². The summed E-state index contributed by atoms with van der Waals surface area (Å²) in [6.45, 7) is 6.65. The molecule has 4 heteroatoms. The van der Waals surface area contributed by atoms with Crippen molar-refractivity contribution in [3.63, 3.8) is 0 Å². The first-order valence-corrected chi connectivity index (χ1v) is 9.67. The van der Waals surface area contributed by atoms with Crippen molar-refractivity contribution in [3.05, 3.63) is 71.8 Å². The smallest absolute Gasteiger partial charge is 0.232 e. The Kier molecular flexibility index (Phi) is 8.52. The van der Waals surface area contributed by atoms with E-state index in [0.717, 1.165) is 30.4 Å². The molecule has 0 heterocycles. The Morgan fingerprint density at radius 1 is 0.963 bits per heavy atom. The maximum absolute atomic E-state index is 12.8. The molecule has 5 N–H and O–H groups in total. The van der Waals surface area contributed by atoms with Crippen LogP contribution >= 0.6 is 0 Å². The molecule has 3 nitrogen and oxygen atoms in total. The first-order chi connectivity index (χ1) is 12.4. The molecule has 27 heavy (non-hydrogen) atoms. The van der Waals surface area contributed by atoms with Gasteiger partial charge in [-0.05, 0) is 36.8 Å². The van der Waals surface area contributed by atoms with Gasteiger partial charge in [0.2, 0.25) is 5.91 Å². The molecule has 1 atom stereocenters. The van der Waals surface area contributed by atoms with Crippen LogP contribution in [0.1, 0.15) is 57.6 Å². The van der Waals surface area contributed by atoms with Gasteiger partial charge in [-0.25, -0.2) is 0 Å². The first-order valence-electron chi connectivity index (χ1n) is 9.67. The highest BCUT2D eigenvalue weighted by molar-refractivity contribution is 5.90. The van der Waals surface area contributed by atoms with E-state index in [4.69, 9.17) is 5.73 Å². The number of carbonyl (C=O) groups is 1. The molecule has 0 aromatic heterocycles. The molecule has 0 saturated heterocycles. The Labute approximate surface area is 169 Å². The Balaban J connectivity index is 0.00000364. The van der Waals surface area contributed by atoms with Gasteiger partial charge in [0.05, 0.1) is 11.0 Å². The zero-order valence-electron chi connectivity index (χ0n) is 16.7. The highest BCUT2D eigenvalue weighted by Gasteiger charge is 2.42. The summed E-state index contributed by atoms with van der Waals surface area (Å²) in [5.41, 5.74) is 11.7. The molecule has 0 bridgehead atoms. The van der Waals surface area contributed by atoms with Crippen LogP contribution in [0, 0.1) is 5.92 Å². The predicted molar refractivity (Wildman–Crippen MR) is 107 cm³/mol. The molecular formula is C23H33ClN2O. The van der Waals surface area contributed by atoms with E-state index in [1.54, 1.807) is 0 Å². The molecule has 1 unspecified atom stereocenters. The number of hydrogen-bond acceptors (Lipinski definition) is 1. The maximum atomic E-state index is 12.8. The summed E-state index contributed by atoms with van der Waals surface area (Å²) in [5.74, 6) is 0.119. The van der Waals surface area contributed by atoms with E-state index < -0.39 is 5.41 Å². The number of benzene rings is 2. The van der Waals surface area contributed by atoms with Gasteiger partial charge in [-0.3, -0.25) is 4.79 Å². The van der Waals surface area contributed by atoms with Crippen molar-refractivity contribution in [2.45, 2.75) is 57.4 Å². The molecule has 148 valence electrons. The van der Waals surface area contributed by atoms with E-state index in [0.29, 0.717) is 12.3 Å². The van der Waals surface area contributed by atoms with Gasteiger partial charge in [0.1, 0.15) is 0 Å². The van der Waals surface area contributed by atoms with Crippen LogP contribution in [-0.2, 0) is 10.2 Å². The zero-order chi connectivity index (χ0) is 19.2. The largest absolute Gasteiger partial charge is 1.00 e. The van der Waals surface area contributed by atoms with Crippen molar-refractivity contribution in [3.8, 4) is 0 Å². The van der Waals surface area contributed by atoms with Gasteiger partial charge in [0.15, 0.2) is 0 Å². The van der Waals surface area contributed by atoms with Gasteiger partial charge in [-0.1, -0.05) is 81.4 Å². The zero-order valence-corrected chi connectivity index (χ0v) is 17.5. The molecule has 0 fully saturated rings. The summed E-state index contributed by atoms with van der Waals surface area (Å²) < 4.78 is 0. The highest BCUT2D eigenvalue weighted by Crippen LogP contribution is 2.39. The summed E-state index contributed by atoms with van der Waals surface area (Å²) in [6, 6.07) is 19.9. The third-order valence-electron chi connectivity index (χ3n) is 6.36. The molecule has 0 radical (unpaired) electrons. The molecule has 2 aromatic rings. The molecule has 2 rings (SSSR count). The summed E-state index contributed by atoms with van der Waals surface area (Å²) >= 11 is 0. The second-order valence-corrected chi connectivity index (χ2v) is 7.51. The SMILES string of the molecule is CCC([NH3+])(CC)C(C)CCC(C(N)=O)(c1ccccc1)c1ccccc1.[Cl-]. The van der Waals surface area contributed by atoms with Crippen molar-refractivity contribution >= 4 is 5.91 Å². The Morgan fingerprint density at radius 3 is 1.70 bits per heavy atom. The van der Waals surface area contributed by atoms with Crippen LogP contribution < -0.4 is 23.9 Å². The molecule has 0 aliphatic carbocycles. The fourth-order valence-corrected chi connectivity index (χ4v) is 3.99. The van der Waals surface area contributed by atoms with Crippen LogP contribution in [0.15, 0.2) is 60.7 Å². The summed E-state index contributed by atoms with van der Waals surface area (Å²) in [7, 11) is 0. The van der Waals surface area contributed by atoms with E-state index in [9.17, 15) is 4.79 Å². The lowest BCUT2D eigenvalue weighted by Gasteiger charge is -2.36. The first kappa shape index (κ1) is 23.2. The number of amides is 1. The number of nitrogens with two attached hydrogens (primary N) is 1.